The molecule has 0 bridgehead atoms. The molecule has 1 unspecified atom stereocenters. The molecule has 1 amide bonds. The molecule has 11 heteroatoms. The van der Waals surface area contributed by atoms with E-state index in [0.29, 0.717) is 0 Å². The molecule has 1 aliphatic heterocycles. The Balaban J connectivity index is 2.44. The van der Waals surface area contributed by atoms with Crippen LogP contribution < -0.4 is 0 Å². The molecule has 0 fully saturated rings. The first-order valence-electron chi connectivity index (χ1n) is 6.41. The van der Waals surface area contributed by atoms with Crippen molar-refractivity contribution in [2.45, 2.75) is 31.5 Å². The normalized spacial score (nSPS) is 21.8. The van der Waals surface area contributed by atoms with E-state index in [9.17, 15) is 37.0 Å². The van der Waals surface area contributed by atoms with E-state index in [4.69, 9.17) is 0 Å². The minimum absolute atomic E-state index is 0.219. The van der Waals surface area contributed by atoms with Gasteiger partial charge in [-0.25, -0.2) is 4.74 Å². The predicted molar refractivity (Wildman–Crippen MR) is 69.0 cm³/mol. The molecule has 6 nitrogen and oxygen atoms in total. The number of ether oxygens (including phenoxy) is 1. The summed E-state index contributed by atoms with van der Waals surface area (Å²) >= 11 is 0. The quantitative estimate of drug-likeness (QED) is 0.817. The zero-order chi connectivity index (χ0) is 18.3. The van der Waals surface area contributed by atoms with Crippen LogP contribution in [-0.4, -0.2) is 45.0 Å². The number of benzene rings is 1. The van der Waals surface area contributed by atoms with Crippen molar-refractivity contribution in [2.75, 3.05) is 0 Å². The number of aromatic hydroxyl groups is 1. The van der Waals surface area contributed by atoms with Gasteiger partial charge in [0.25, 0.3) is 11.6 Å². The first-order valence-corrected chi connectivity index (χ1v) is 6.41. The summed E-state index contributed by atoms with van der Waals surface area (Å²) in [6.45, 7) is 1.13. The number of phenols is 1. The number of halogens is 5. The van der Waals surface area contributed by atoms with Crippen LogP contribution in [0.15, 0.2) is 29.4 Å². The smallest absolute Gasteiger partial charge is 0.507 e. The Hall–Kier alpha value is -2.27. The molecule has 1 aromatic rings. The summed E-state index contributed by atoms with van der Waals surface area (Å²) in [6.07, 6.45) is -12.0. The molecule has 0 radical (unpaired) electrons. The van der Waals surface area contributed by atoms with Crippen LogP contribution in [0.2, 0.25) is 0 Å². The Morgan fingerprint density at radius 3 is 2.42 bits per heavy atom. The van der Waals surface area contributed by atoms with Gasteiger partial charge in [0, 0.05) is 12.1 Å². The van der Waals surface area contributed by atoms with Crippen molar-refractivity contribution < 1.29 is 41.7 Å². The molecule has 2 N–H and O–H groups in total. The monoisotopic (exact) mass is 354 g/mol. The lowest BCUT2D eigenvalue weighted by molar-refractivity contribution is -0.468. The Morgan fingerprint density at radius 2 is 1.88 bits per heavy atom. The second kappa shape index (κ2) is 5.67. The van der Waals surface area contributed by atoms with E-state index < -0.39 is 41.8 Å². The van der Waals surface area contributed by atoms with Crippen LogP contribution in [0, 0.1) is 0 Å². The average molecular weight is 354 g/mol. The number of rotatable bonds is 3. The molecule has 1 aliphatic rings. The van der Waals surface area contributed by atoms with Gasteiger partial charge in [0.1, 0.15) is 5.75 Å². The second-order valence-electron chi connectivity index (χ2n) is 5.03. The topological polar surface area (TPSA) is 82.4 Å². The fourth-order valence-corrected chi connectivity index (χ4v) is 2.16. The minimum atomic E-state index is -5.76. The van der Waals surface area contributed by atoms with Crippen molar-refractivity contribution in [3.8, 4) is 5.75 Å². The van der Waals surface area contributed by atoms with E-state index in [2.05, 4.69) is 9.84 Å². The third-order valence-electron chi connectivity index (χ3n) is 3.16. The van der Waals surface area contributed by atoms with E-state index in [1.165, 1.54) is 12.1 Å². The van der Waals surface area contributed by atoms with Gasteiger partial charge in [0.2, 0.25) is 0 Å². The molecule has 2 rings (SSSR count). The van der Waals surface area contributed by atoms with Crippen molar-refractivity contribution in [1.82, 2.24) is 5.01 Å². The van der Waals surface area contributed by atoms with Crippen molar-refractivity contribution in [3.05, 3.63) is 29.8 Å². The molecule has 0 spiro atoms. The maximum Gasteiger partial charge on any atom is 0.527 e. The van der Waals surface area contributed by atoms with E-state index in [0.717, 1.165) is 19.1 Å². The average Bonchev–Trinajstić information content (AvgIpc) is 2.73. The molecule has 1 atom stereocenters. The Labute approximate surface area is 131 Å². The number of amides is 1. The Morgan fingerprint density at radius 1 is 1.29 bits per heavy atom. The van der Waals surface area contributed by atoms with Crippen LogP contribution in [-0.2, 0) is 4.74 Å². The number of aliphatic hydroxyl groups is 1. The number of hydrogen-bond donors (Lipinski definition) is 2. The Bertz CT molecular complexity index is 691. The van der Waals surface area contributed by atoms with Gasteiger partial charge < -0.3 is 10.2 Å². The third kappa shape index (κ3) is 3.17. The number of para-hydroxylation sites is 1. The van der Waals surface area contributed by atoms with Gasteiger partial charge in [-0.05, 0) is 19.1 Å². The van der Waals surface area contributed by atoms with Gasteiger partial charge in [0.15, 0.2) is 0 Å². The van der Waals surface area contributed by atoms with Crippen LogP contribution >= 0.6 is 0 Å². The number of carbonyl (C=O) groups is 1. The fourth-order valence-electron chi connectivity index (χ4n) is 2.16. The molecular weight excluding hydrogens is 343 g/mol. The van der Waals surface area contributed by atoms with Crippen LogP contribution in [0.1, 0.15) is 23.7 Å². The number of hydrazone groups is 1. The molecule has 1 aromatic carbocycles. The SMILES string of the molecule is CC1=NN(C(=O)c2ccccc2O)C(O)(C(F)(F)OC(F)(F)F)C1. The highest BCUT2D eigenvalue weighted by molar-refractivity contribution is 5.99. The Kier molecular flexibility index (Phi) is 4.27. The minimum Gasteiger partial charge on any atom is -0.507 e. The molecular formula is C13H11F5N2O4. The number of nitrogens with zero attached hydrogens (tertiary/aromatic N) is 2. The number of carbonyl (C=O) groups excluding carboxylic acids is 1. The van der Waals surface area contributed by atoms with Crippen molar-refractivity contribution in [3.63, 3.8) is 0 Å². The summed E-state index contributed by atoms with van der Waals surface area (Å²) in [6, 6.07) is 4.70. The number of alkyl halides is 5. The van der Waals surface area contributed by atoms with Crippen LogP contribution in [0.3, 0.4) is 0 Å². The van der Waals surface area contributed by atoms with Crippen LogP contribution in [0.4, 0.5) is 22.0 Å². The summed E-state index contributed by atoms with van der Waals surface area (Å²) < 4.78 is 67.0. The standard InChI is InChI=1S/C13H11F5N2O4/c1-7-6-11(23,12(14,15)24-13(16,17)18)20(19-7)10(22)8-4-2-3-5-9(8)21/h2-5,21,23H,6H2,1H3. The second-order valence-corrected chi connectivity index (χ2v) is 5.03. The first-order chi connectivity index (χ1) is 10.9. The fraction of sp³-hybridized carbons (Fsp3) is 0.385. The summed E-state index contributed by atoms with van der Waals surface area (Å²) in [5, 5.41) is 22.8. The molecule has 132 valence electrons. The summed E-state index contributed by atoms with van der Waals surface area (Å²) in [5.74, 6) is -2.04. The number of phenolic OH excluding ortho intramolecular Hbond substituents is 1. The molecule has 0 aliphatic carbocycles. The van der Waals surface area contributed by atoms with E-state index in [1.54, 1.807) is 0 Å². The van der Waals surface area contributed by atoms with Gasteiger partial charge >= 0.3 is 12.5 Å². The van der Waals surface area contributed by atoms with Crippen molar-refractivity contribution in [1.29, 1.82) is 0 Å². The van der Waals surface area contributed by atoms with E-state index >= 15 is 0 Å². The highest BCUT2D eigenvalue weighted by Crippen LogP contribution is 2.44. The van der Waals surface area contributed by atoms with E-state index in [1.807, 2.05) is 0 Å². The maximum atomic E-state index is 13.9. The summed E-state index contributed by atoms with van der Waals surface area (Å²) in [7, 11) is 0. The lowest BCUT2D eigenvalue weighted by Crippen LogP contribution is -2.61. The highest BCUT2D eigenvalue weighted by atomic mass is 19.4. The van der Waals surface area contributed by atoms with Gasteiger partial charge in [-0.3, -0.25) is 4.79 Å². The van der Waals surface area contributed by atoms with Crippen molar-refractivity contribution >= 4 is 11.6 Å². The summed E-state index contributed by atoms with van der Waals surface area (Å²) in [4.78, 5) is 12.3. The predicted octanol–water partition coefficient (Wildman–Crippen LogP) is 2.43. The summed E-state index contributed by atoms with van der Waals surface area (Å²) in [5.41, 5.74) is -4.46. The number of hydrogen-bond acceptors (Lipinski definition) is 5. The van der Waals surface area contributed by atoms with Gasteiger partial charge in [-0.15, -0.1) is 13.2 Å². The van der Waals surface area contributed by atoms with E-state index in [-0.39, 0.29) is 10.7 Å². The lowest BCUT2D eigenvalue weighted by Gasteiger charge is -2.36. The first kappa shape index (κ1) is 18.1. The molecule has 24 heavy (non-hydrogen) atoms. The lowest BCUT2D eigenvalue weighted by atomic mass is 10.1. The van der Waals surface area contributed by atoms with Gasteiger partial charge in [0.05, 0.1) is 5.56 Å². The van der Waals surface area contributed by atoms with Gasteiger partial charge in [-0.1, -0.05) is 12.1 Å². The molecule has 1 heterocycles. The van der Waals surface area contributed by atoms with Crippen molar-refractivity contribution in [2.24, 2.45) is 5.10 Å². The van der Waals surface area contributed by atoms with Crippen LogP contribution in [0.5, 0.6) is 5.75 Å². The highest BCUT2D eigenvalue weighted by Gasteiger charge is 2.66. The largest absolute Gasteiger partial charge is 0.527 e. The zero-order valence-corrected chi connectivity index (χ0v) is 12.0. The zero-order valence-electron chi connectivity index (χ0n) is 12.0. The third-order valence-corrected chi connectivity index (χ3v) is 3.16. The molecule has 0 saturated carbocycles. The molecule has 0 saturated heterocycles. The maximum absolute atomic E-state index is 13.9. The van der Waals surface area contributed by atoms with Gasteiger partial charge in [-0.2, -0.15) is 18.9 Å². The molecule has 0 aromatic heterocycles. The van der Waals surface area contributed by atoms with Crippen LogP contribution in [0.25, 0.3) is 0 Å².